The van der Waals surface area contributed by atoms with Crippen LogP contribution in [0.1, 0.15) is 33.1 Å². The highest BCUT2D eigenvalue weighted by atomic mass is 32.2. The van der Waals surface area contributed by atoms with Gasteiger partial charge in [-0.1, -0.05) is 32.4 Å². The molecule has 0 bridgehead atoms. The van der Waals surface area contributed by atoms with E-state index in [1.165, 1.54) is 0 Å². The third kappa shape index (κ3) is 4.51. The molecule has 0 spiro atoms. The molecule has 0 radical (unpaired) electrons. The summed E-state index contributed by atoms with van der Waals surface area (Å²) < 4.78 is 0. The van der Waals surface area contributed by atoms with Gasteiger partial charge < -0.3 is 5.32 Å². The van der Waals surface area contributed by atoms with E-state index in [2.05, 4.69) is 19.2 Å². The van der Waals surface area contributed by atoms with Crippen molar-refractivity contribution >= 4 is 17.4 Å². The number of nitro benzene ring substituents is 1. The summed E-state index contributed by atoms with van der Waals surface area (Å²) in [5.74, 6) is 0. The lowest BCUT2D eigenvalue weighted by Crippen LogP contribution is -2.35. The Balaban J connectivity index is 2.89. The summed E-state index contributed by atoms with van der Waals surface area (Å²) in [4.78, 5) is 11.5. The highest BCUT2D eigenvalue weighted by Gasteiger charge is 2.22. The smallest absolute Gasteiger partial charge is 0.282 e. The fraction of sp³-hybridized carbons (Fsp3) is 0.571. The minimum absolute atomic E-state index is 0.206. The molecule has 19 heavy (non-hydrogen) atoms. The Bertz CT molecular complexity index is 412. The van der Waals surface area contributed by atoms with E-state index in [0.29, 0.717) is 11.3 Å². The van der Waals surface area contributed by atoms with E-state index in [1.54, 1.807) is 23.9 Å². The largest absolute Gasteiger partial charge is 0.316 e. The van der Waals surface area contributed by atoms with E-state index in [9.17, 15) is 10.1 Å². The molecule has 0 heterocycles. The van der Waals surface area contributed by atoms with E-state index in [-0.39, 0.29) is 10.6 Å². The molecule has 2 unspecified atom stereocenters. The van der Waals surface area contributed by atoms with E-state index < -0.39 is 0 Å². The molecule has 1 N–H and O–H groups in total. The van der Waals surface area contributed by atoms with Crippen molar-refractivity contribution in [2.75, 3.05) is 7.05 Å². The number of benzene rings is 1. The summed E-state index contributed by atoms with van der Waals surface area (Å²) in [7, 11) is 1.96. The Hall–Kier alpha value is -1.07. The first-order valence-corrected chi connectivity index (χ1v) is 7.59. The molecule has 2 atom stereocenters. The minimum Gasteiger partial charge on any atom is -0.316 e. The lowest BCUT2D eigenvalue weighted by molar-refractivity contribution is -0.387. The molecule has 5 heteroatoms. The van der Waals surface area contributed by atoms with Crippen molar-refractivity contribution in [3.63, 3.8) is 0 Å². The van der Waals surface area contributed by atoms with Crippen molar-refractivity contribution < 1.29 is 4.92 Å². The van der Waals surface area contributed by atoms with E-state index in [4.69, 9.17) is 0 Å². The second-order valence-electron chi connectivity index (χ2n) is 4.47. The second-order valence-corrected chi connectivity index (χ2v) is 5.75. The van der Waals surface area contributed by atoms with Crippen molar-refractivity contribution in [2.24, 2.45) is 0 Å². The fourth-order valence-corrected chi connectivity index (χ4v) is 3.50. The lowest BCUT2D eigenvalue weighted by atomic mass is 10.1. The number of hydrogen-bond acceptors (Lipinski definition) is 4. The maximum absolute atomic E-state index is 11.0. The molecule has 0 aromatic heterocycles. The molecule has 0 aliphatic rings. The van der Waals surface area contributed by atoms with Gasteiger partial charge in [0.05, 0.1) is 9.82 Å². The molecule has 1 rings (SSSR count). The molecule has 0 saturated carbocycles. The summed E-state index contributed by atoms with van der Waals surface area (Å²) in [6.07, 6.45) is 3.18. The number of nitro groups is 1. The standard InChI is InChI=1S/C14H22N2O2S/c1-4-8-11(15-3)13(5-2)19-14-10-7-6-9-12(14)16(17)18/h6-7,9-11,13,15H,4-5,8H2,1-3H3. The summed E-state index contributed by atoms with van der Waals surface area (Å²) >= 11 is 1.61. The molecule has 0 aliphatic heterocycles. The van der Waals surface area contributed by atoms with Crippen molar-refractivity contribution in [3.8, 4) is 0 Å². The average Bonchev–Trinajstić information content (AvgIpc) is 2.42. The number of nitrogens with zero attached hydrogens (tertiary/aromatic N) is 1. The fourth-order valence-electron chi connectivity index (χ4n) is 2.15. The van der Waals surface area contributed by atoms with E-state index in [0.717, 1.165) is 24.2 Å². The van der Waals surface area contributed by atoms with Crippen LogP contribution >= 0.6 is 11.8 Å². The number of nitrogens with one attached hydrogen (secondary N) is 1. The topological polar surface area (TPSA) is 55.2 Å². The van der Waals surface area contributed by atoms with Crippen molar-refractivity contribution in [2.45, 2.75) is 49.3 Å². The molecule has 1 aromatic carbocycles. The Morgan fingerprint density at radius 1 is 1.37 bits per heavy atom. The Morgan fingerprint density at radius 2 is 2.05 bits per heavy atom. The normalized spacial score (nSPS) is 14.1. The van der Waals surface area contributed by atoms with Crippen LogP contribution in [0.15, 0.2) is 29.2 Å². The number of para-hydroxylation sites is 1. The first kappa shape index (κ1) is 16.0. The first-order chi connectivity index (χ1) is 9.13. The molecule has 0 saturated heterocycles. The van der Waals surface area contributed by atoms with Gasteiger partial charge in [-0.3, -0.25) is 10.1 Å². The average molecular weight is 282 g/mol. The first-order valence-electron chi connectivity index (χ1n) is 6.71. The number of rotatable bonds is 8. The molecule has 106 valence electrons. The molecular formula is C14H22N2O2S. The molecule has 0 amide bonds. The molecule has 0 fully saturated rings. The van der Waals surface area contributed by atoms with Gasteiger partial charge in [0.15, 0.2) is 0 Å². The van der Waals surface area contributed by atoms with Crippen LogP contribution in [0, 0.1) is 10.1 Å². The van der Waals surface area contributed by atoms with Crippen LogP contribution in [0.4, 0.5) is 5.69 Å². The quantitative estimate of drug-likeness (QED) is 0.447. The number of hydrogen-bond donors (Lipinski definition) is 1. The van der Waals surface area contributed by atoms with Crippen LogP contribution in [0.5, 0.6) is 0 Å². The zero-order chi connectivity index (χ0) is 14.3. The van der Waals surface area contributed by atoms with Crippen LogP contribution in [-0.2, 0) is 0 Å². The highest BCUT2D eigenvalue weighted by molar-refractivity contribution is 8.00. The van der Waals surface area contributed by atoms with Gasteiger partial charge in [-0.25, -0.2) is 0 Å². The molecule has 4 nitrogen and oxygen atoms in total. The van der Waals surface area contributed by atoms with Crippen LogP contribution in [0.25, 0.3) is 0 Å². The van der Waals surface area contributed by atoms with Crippen molar-refractivity contribution in [1.29, 1.82) is 0 Å². The monoisotopic (exact) mass is 282 g/mol. The highest BCUT2D eigenvalue weighted by Crippen LogP contribution is 2.35. The summed E-state index contributed by atoms with van der Waals surface area (Å²) in [6, 6.07) is 7.37. The Morgan fingerprint density at radius 3 is 2.58 bits per heavy atom. The Labute approximate surface area is 119 Å². The predicted octanol–water partition coefficient (Wildman–Crippen LogP) is 3.85. The van der Waals surface area contributed by atoms with Crippen molar-refractivity contribution in [3.05, 3.63) is 34.4 Å². The van der Waals surface area contributed by atoms with E-state index in [1.807, 2.05) is 19.2 Å². The van der Waals surface area contributed by atoms with Gasteiger partial charge in [-0.05, 0) is 26.0 Å². The SMILES string of the molecule is CCCC(NC)C(CC)Sc1ccccc1[N+](=O)[O-]. The van der Waals surface area contributed by atoms with Gasteiger partial charge >= 0.3 is 0 Å². The molecule has 0 aliphatic carbocycles. The second kappa shape index (κ2) is 8.17. The van der Waals surface area contributed by atoms with E-state index >= 15 is 0 Å². The van der Waals surface area contributed by atoms with Gasteiger partial charge in [-0.2, -0.15) is 0 Å². The van der Waals surface area contributed by atoms with Gasteiger partial charge in [-0.15, -0.1) is 11.8 Å². The zero-order valence-electron chi connectivity index (χ0n) is 11.8. The number of thioether (sulfide) groups is 1. The van der Waals surface area contributed by atoms with Gasteiger partial charge in [0.2, 0.25) is 0 Å². The van der Waals surface area contributed by atoms with Gasteiger partial charge in [0.1, 0.15) is 0 Å². The van der Waals surface area contributed by atoms with Crippen molar-refractivity contribution in [1.82, 2.24) is 5.32 Å². The van der Waals surface area contributed by atoms with Crippen LogP contribution in [-0.4, -0.2) is 23.3 Å². The van der Waals surface area contributed by atoms with Gasteiger partial charge in [0.25, 0.3) is 5.69 Å². The predicted molar refractivity (Wildman–Crippen MR) is 80.8 cm³/mol. The summed E-state index contributed by atoms with van der Waals surface area (Å²) in [6.45, 7) is 4.29. The summed E-state index contributed by atoms with van der Waals surface area (Å²) in [5.41, 5.74) is 0.206. The third-order valence-electron chi connectivity index (χ3n) is 3.16. The third-order valence-corrected chi connectivity index (χ3v) is 4.73. The van der Waals surface area contributed by atoms with Gasteiger partial charge in [0, 0.05) is 17.4 Å². The van der Waals surface area contributed by atoms with Crippen LogP contribution in [0.3, 0.4) is 0 Å². The molecule has 1 aromatic rings. The zero-order valence-corrected chi connectivity index (χ0v) is 12.6. The lowest BCUT2D eigenvalue weighted by Gasteiger charge is -2.25. The van der Waals surface area contributed by atoms with Crippen LogP contribution < -0.4 is 5.32 Å². The maximum Gasteiger partial charge on any atom is 0.282 e. The molecular weight excluding hydrogens is 260 g/mol. The maximum atomic E-state index is 11.0. The van der Waals surface area contributed by atoms with Crippen LogP contribution in [0.2, 0.25) is 0 Å². The summed E-state index contributed by atoms with van der Waals surface area (Å²) in [5, 5.41) is 14.7. The minimum atomic E-state index is -0.302. The Kier molecular flexibility index (Phi) is 6.87.